The zero-order valence-corrected chi connectivity index (χ0v) is 13.3. The Morgan fingerprint density at radius 3 is 2.27 bits per heavy atom. The van der Waals surface area contributed by atoms with Crippen molar-refractivity contribution in [1.29, 1.82) is 0 Å². The van der Waals surface area contributed by atoms with E-state index < -0.39 is 10.0 Å². The van der Waals surface area contributed by atoms with Gasteiger partial charge in [0.05, 0.1) is 5.75 Å². The summed E-state index contributed by atoms with van der Waals surface area (Å²) in [6.07, 6.45) is 1.55. The van der Waals surface area contributed by atoms with E-state index in [4.69, 9.17) is 0 Å². The SMILES string of the molecule is C[C@H](CCc1ccccc1)NS(=O)(=O)Cc1ccc(F)cc1. The van der Waals surface area contributed by atoms with Crippen LogP contribution in [0, 0.1) is 5.82 Å². The number of aryl methyl sites for hydroxylation is 1. The molecule has 0 heterocycles. The molecule has 0 aromatic heterocycles. The molecule has 0 amide bonds. The molecule has 22 heavy (non-hydrogen) atoms. The summed E-state index contributed by atoms with van der Waals surface area (Å²) >= 11 is 0. The van der Waals surface area contributed by atoms with Gasteiger partial charge in [0.15, 0.2) is 0 Å². The molecule has 1 atom stereocenters. The molecule has 2 rings (SSSR count). The van der Waals surface area contributed by atoms with Crippen molar-refractivity contribution in [3.05, 3.63) is 71.5 Å². The lowest BCUT2D eigenvalue weighted by Gasteiger charge is -2.14. The normalized spacial score (nSPS) is 13.0. The first-order valence-corrected chi connectivity index (χ1v) is 8.88. The Labute approximate surface area is 131 Å². The van der Waals surface area contributed by atoms with Crippen molar-refractivity contribution in [3.63, 3.8) is 0 Å². The Balaban J connectivity index is 1.86. The predicted molar refractivity (Wildman–Crippen MR) is 86.4 cm³/mol. The summed E-state index contributed by atoms with van der Waals surface area (Å²) in [5.74, 6) is -0.506. The lowest BCUT2D eigenvalue weighted by atomic mass is 10.1. The summed E-state index contributed by atoms with van der Waals surface area (Å²) in [7, 11) is -3.42. The van der Waals surface area contributed by atoms with Crippen molar-refractivity contribution in [2.45, 2.75) is 31.6 Å². The highest BCUT2D eigenvalue weighted by Crippen LogP contribution is 2.09. The fraction of sp³-hybridized carbons (Fsp3) is 0.294. The zero-order chi connectivity index (χ0) is 16.0. The van der Waals surface area contributed by atoms with Gasteiger partial charge in [-0.2, -0.15) is 0 Å². The molecule has 3 nitrogen and oxygen atoms in total. The Kier molecular flexibility index (Phi) is 5.69. The van der Waals surface area contributed by atoms with Crippen LogP contribution in [0.3, 0.4) is 0 Å². The molecule has 5 heteroatoms. The molecule has 0 aliphatic carbocycles. The zero-order valence-electron chi connectivity index (χ0n) is 12.5. The number of hydrogen-bond donors (Lipinski definition) is 1. The van der Waals surface area contributed by atoms with Gasteiger partial charge in [-0.3, -0.25) is 0 Å². The average molecular weight is 321 g/mol. The van der Waals surface area contributed by atoms with E-state index in [9.17, 15) is 12.8 Å². The van der Waals surface area contributed by atoms with Crippen LogP contribution in [-0.2, 0) is 22.2 Å². The molecule has 0 aliphatic rings. The van der Waals surface area contributed by atoms with Gasteiger partial charge in [0.1, 0.15) is 5.82 Å². The summed E-state index contributed by atoms with van der Waals surface area (Å²) < 4.78 is 39.7. The maximum absolute atomic E-state index is 12.8. The number of benzene rings is 2. The number of nitrogens with one attached hydrogen (secondary N) is 1. The van der Waals surface area contributed by atoms with Gasteiger partial charge in [-0.1, -0.05) is 42.5 Å². The number of sulfonamides is 1. The van der Waals surface area contributed by atoms with Crippen LogP contribution in [0.1, 0.15) is 24.5 Å². The standard InChI is InChI=1S/C17H20FNO2S/c1-14(7-8-15-5-3-2-4-6-15)19-22(20,21)13-16-9-11-17(18)12-10-16/h2-6,9-12,14,19H,7-8,13H2,1H3/t14-/m1/s1. The van der Waals surface area contributed by atoms with E-state index in [1.54, 1.807) is 0 Å². The maximum Gasteiger partial charge on any atom is 0.216 e. The van der Waals surface area contributed by atoms with Crippen LogP contribution >= 0.6 is 0 Å². The smallest absolute Gasteiger partial charge is 0.212 e. The molecular formula is C17H20FNO2S. The van der Waals surface area contributed by atoms with Gasteiger partial charge in [0.25, 0.3) is 0 Å². The molecule has 0 aliphatic heterocycles. The van der Waals surface area contributed by atoms with Crippen LogP contribution in [0.15, 0.2) is 54.6 Å². The van der Waals surface area contributed by atoms with E-state index in [1.807, 2.05) is 37.3 Å². The molecule has 118 valence electrons. The molecular weight excluding hydrogens is 301 g/mol. The van der Waals surface area contributed by atoms with Gasteiger partial charge in [0.2, 0.25) is 10.0 Å². The largest absolute Gasteiger partial charge is 0.216 e. The minimum absolute atomic E-state index is 0.136. The molecule has 0 radical (unpaired) electrons. The minimum Gasteiger partial charge on any atom is -0.212 e. The topological polar surface area (TPSA) is 46.2 Å². The second-order valence-corrected chi connectivity index (χ2v) is 7.18. The summed E-state index contributed by atoms with van der Waals surface area (Å²) in [5.41, 5.74) is 1.76. The summed E-state index contributed by atoms with van der Waals surface area (Å²) in [4.78, 5) is 0. The van der Waals surface area contributed by atoms with E-state index in [-0.39, 0.29) is 17.6 Å². The monoisotopic (exact) mass is 321 g/mol. The van der Waals surface area contributed by atoms with E-state index >= 15 is 0 Å². The van der Waals surface area contributed by atoms with Crippen molar-refractivity contribution >= 4 is 10.0 Å². The Hall–Kier alpha value is -1.72. The first kappa shape index (κ1) is 16.6. The van der Waals surface area contributed by atoms with Crippen molar-refractivity contribution < 1.29 is 12.8 Å². The van der Waals surface area contributed by atoms with Gasteiger partial charge in [-0.15, -0.1) is 0 Å². The third-order valence-corrected chi connectivity index (χ3v) is 4.83. The van der Waals surface area contributed by atoms with Gasteiger partial charge in [-0.05, 0) is 43.0 Å². The first-order chi connectivity index (χ1) is 10.4. The highest BCUT2D eigenvalue weighted by atomic mass is 32.2. The van der Waals surface area contributed by atoms with Crippen LogP contribution in [0.25, 0.3) is 0 Å². The molecule has 0 spiro atoms. The van der Waals surface area contributed by atoms with Crippen LogP contribution in [0.4, 0.5) is 4.39 Å². The van der Waals surface area contributed by atoms with Crippen molar-refractivity contribution in [2.24, 2.45) is 0 Å². The van der Waals surface area contributed by atoms with Gasteiger partial charge in [-0.25, -0.2) is 17.5 Å². The minimum atomic E-state index is -3.42. The highest BCUT2D eigenvalue weighted by Gasteiger charge is 2.15. The van der Waals surface area contributed by atoms with Crippen LogP contribution in [0.5, 0.6) is 0 Å². The molecule has 0 saturated heterocycles. The van der Waals surface area contributed by atoms with Crippen molar-refractivity contribution in [1.82, 2.24) is 4.72 Å². The van der Waals surface area contributed by atoms with Gasteiger partial charge < -0.3 is 0 Å². The molecule has 2 aromatic rings. The molecule has 0 bridgehead atoms. The lowest BCUT2D eigenvalue weighted by molar-refractivity contribution is 0.546. The molecule has 0 saturated carbocycles. The number of halogens is 1. The summed E-state index contributed by atoms with van der Waals surface area (Å²) in [6, 6.07) is 15.3. The van der Waals surface area contributed by atoms with Crippen molar-refractivity contribution in [3.8, 4) is 0 Å². The third kappa shape index (κ3) is 5.58. The maximum atomic E-state index is 12.8. The molecule has 1 N–H and O–H groups in total. The van der Waals surface area contributed by atoms with Gasteiger partial charge >= 0.3 is 0 Å². The number of rotatable bonds is 7. The molecule has 0 unspecified atom stereocenters. The quantitative estimate of drug-likeness (QED) is 0.851. The van der Waals surface area contributed by atoms with E-state index in [2.05, 4.69) is 4.72 Å². The molecule has 2 aromatic carbocycles. The van der Waals surface area contributed by atoms with Crippen molar-refractivity contribution in [2.75, 3.05) is 0 Å². The summed E-state index contributed by atoms with van der Waals surface area (Å²) in [6.45, 7) is 1.85. The average Bonchev–Trinajstić information content (AvgIpc) is 2.48. The fourth-order valence-corrected chi connectivity index (χ4v) is 3.68. The third-order valence-electron chi connectivity index (χ3n) is 3.36. The second kappa shape index (κ2) is 7.51. The van der Waals surface area contributed by atoms with E-state index in [1.165, 1.54) is 29.8 Å². The van der Waals surface area contributed by atoms with Crippen LogP contribution < -0.4 is 4.72 Å². The van der Waals surface area contributed by atoms with E-state index in [0.717, 1.165) is 12.8 Å². The van der Waals surface area contributed by atoms with Gasteiger partial charge in [0, 0.05) is 6.04 Å². The number of hydrogen-bond acceptors (Lipinski definition) is 2. The van der Waals surface area contributed by atoms with Crippen LogP contribution in [0.2, 0.25) is 0 Å². The predicted octanol–water partition coefficient (Wildman–Crippen LogP) is 3.27. The second-order valence-electron chi connectivity index (χ2n) is 5.43. The highest BCUT2D eigenvalue weighted by molar-refractivity contribution is 7.88. The fourth-order valence-electron chi connectivity index (χ4n) is 2.24. The first-order valence-electron chi connectivity index (χ1n) is 7.23. The summed E-state index contributed by atoms with van der Waals surface area (Å²) in [5, 5.41) is 0. The van der Waals surface area contributed by atoms with E-state index in [0.29, 0.717) is 5.56 Å². The lowest BCUT2D eigenvalue weighted by Crippen LogP contribution is -2.33. The molecule has 0 fully saturated rings. The Morgan fingerprint density at radius 1 is 1.00 bits per heavy atom. The Bertz CT molecular complexity index is 684. The Morgan fingerprint density at radius 2 is 1.64 bits per heavy atom. The van der Waals surface area contributed by atoms with Crippen LogP contribution in [-0.4, -0.2) is 14.5 Å².